The minimum Gasteiger partial charge on any atom is -0.468 e. The number of aromatic amines is 1. The maximum atomic E-state index is 12.9. The highest BCUT2D eigenvalue weighted by Gasteiger charge is 2.42. The summed E-state index contributed by atoms with van der Waals surface area (Å²) in [5.74, 6) is 0.338. The van der Waals surface area contributed by atoms with E-state index in [0.29, 0.717) is 11.5 Å². The second-order valence-corrected chi connectivity index (χ2v) is 7.30. The van der Waals surface area contributed by atoms with Crippen molar-refractivity contribution in [2.24, 2.45) is 0 Å². The number of urea groups is 1. The fourth-order valence-electron chi connectivity index (χ4n) is 4.43. The summed E-state index contributed by atoms with van der Waals surface area (Å²) in [5.41, 5.74) is 3.42. The predicted molar refractivity (Wildman–Crippen MR) is 109 cm³/mol. The van der Waals surface area contributed by atoms with E-state index in [4.69, 9.17) is 14.2 Å². The molecule has 2 amide bonds. The smallest absolute Gasteiger partial charge is 0.318 e. The lowest BCUT2D eigenvalue weighted by molar-refractivity contribution is -0.143. The summed E-state index contributed by atoms with van der Waals surface area (Å²) in [6.07, 6.45) is 0. The molecule has 2 aliphatic heterocycles. The van der Waals surface area contributed by atoms with E-state index in [1.807, 2.05) is 42.5 Å². The predicted octanol–water partition coefficient (Wildman–Crippen LogP) is 2.90. The van der Waals surface area contributed by atoms with Crippen LogP contribution in [-0.4, -0.2) is 49.4 Å². The first-order chi connectivity index (χ1) is 14.6. The number of nitrogens with one attached hydrogen (secondary N) is 2. The maximum Gasteiger partial charge on any atom is 0.318 e. The van der Waals surface area contributed by atoms with Gasteiger partial charge in [-0.3, -0.25) is 4.79 Å². The van der Waals surface area contributed by atoms with Crippen LogP contribution in [0.1, 0.15) is 28.8 Å². The molecule has 1 aromatic heterocycles. The molecule has 2 aromatic carbocycles. The van der Waals surface area contributed by atoms with Crippen molar-refractivity contribution in [3.63, 3.8) is 0 Å². The van der Waals surface area contributed by atoms with Gasteiger partial charge >= 0.3 is 12.0 Å². The molecular formula is C22H21N3O5. The summed E-state index contributed by atoms with van der Waals surface area (Å²) >= 11 is 0. The molecule has 0 aliphatic carbocycles. The highest BCUT2D eigenvalue weighted by atomic mass is 16.7. The van der Waals surface area contributed by atoms with Gasteiger partial charge in [0.1, 0.15) is 5.92 Å². The fourth-order valence-corrected chi connectivity index (χ4v) is 4.43. The van der Waals surface area contributed by atoms with Crippen molar-refractivity contribution in [1.29, 1.82) is 0 Å². The quantitative estimate of drug-likeness (QED) is 0.638. The summed E-state index contributed by atoms with van der Waals surface area (Å²) in [4.78, 5) is 30.7. The molecule has 30 heavy (non-hydrogen) atoms. The van der Waals surface area contributed by atoms with E-state index in [9.17, 15) is 9.59 Å². The van der Waals surface area contributed by atoms with Crippen LogP contribution in [0.15, 0.2) is 42.5 Å². The van der Waals surface area contributed by atoms with Gasteiger partial charge < -0.3 is 29.4 Å². The SMILES string of the molecule is CNC(=O)N1C[C@@H](C(=O)OC)c2c([nH]c3ccccc23)[C@H]1c1ccc2c(c1)OCO2. The highest BCUT2D eigenvalue weighted by molar-refractivity contribution is 5.93. The standard InChI is InChI=1S/C22H21N3O5/c1-23-22(27)25-10-14(21(26)28-2)18-13-5-3-4-6-15(13)24-19(18)20(25)12-7-8-16-17(9-12)30-11-29-16/h3-9,14,20,24H,10-11H2,1-2H3,(H,23,27)/t14-,20-/m1/s1. The number of ether oxygens (including phenoxy) is 3. The molecule has 0 saturated carbocycles. The average molecular weight is 407 g/mol. The molecule has 0 spiro atoms. The molecule has 0 saturated heterocycles. The van der Waals surface area contributed by atoms with Crippen LogP contribution in [0.5, 0.6) is 11.5 Å². The Morgan fingerprint density at radius 1 is 1.17 bits per heavy atom. The first kappa shape index (κ1) is 18.4. The van der Waals surface area contributed by atoms with Crippen LogP contribution in [0, 0.1) is 0 Å². The molecule has 8 nitrogen and oxygen atoms in total. The Balaban J connectivity index is 1.74. The zero-order chi connectivity index (χ0) is 20.8. The highest BCUT2D eigenvalue weighted by Crippen LogP contribution is 2.45. The van der Waals surface area contributed by atoms with E-state index >= 15 is 0 Å². The van der Waals surface area contributed by atoms with Gasteiger partial charge in [-0.05, 0) is 29.3 Å². The number of hydrogen-bond acceptors (Lipinski definition) is 5. The maximum absolute atomic E-state index is 12.9. The van der Waals surface area contributed by atoms with E-state index in [1.165, 1.54) is 7.11 Å². The number of para-hydroxylation sites is 1. The second-order valence-electron chi connectivity index (χ2n) is 7.30. The number of hydrogen-bond donors (Lipinski definition) is 2. The van der Waals surface area contributed by atoms with Crippen molar-refractivity contribution in [3.8, 4) is 11.5 Å². The Bertz CT molecular complexity index is 1150. The molecule has 0 radical (unpaired) electrons. The molecular weight excluding hydrogens is 386 g/mol. The first-order valence-electron chi connectivity index (χ1n) is 9.68. The normalized spacial score (nSPS) is 19.5. The number of H-pyrrole nitrogens is 1. The largest absolute Gasteiger partial charge is 0.468 e. The third-order valence-corrected chi connectivity index (χ3v) is 5.76. The van der Waals surface area contributed by atoms with Crippen LogP contribution >= 0.6 is 0 Å². The number of nitrogens with zero attached hydrogens (tertiary/aromatic N) is 1. The van der Waals surface area contributed by atoms with Gasteiger partial charge in [0, 0.05) is 30.2 Å². The number of fused-ring (bicyclic) bond motifs is 4. The summed E-state index contributed by atoms with van der Waals surface area (Å²) in [5, 5.41) is 3.64. The summed E-state index contributed by atoms with van der Waals surface area (Å²) in [6, 6.07) is 12.7. The number of benzene rings is 2. The molecule has 8 heteroatoms. The number of esters is 1. The summed E-state index contributed by atoms with van der Waals surface area (Å²) in [6.45, 7) is 0.366. The Morgan fingerprint density at radius 3 is 2.77 bits per heavy atom. The monoisotopic (exact) mass is 407 g/mol. The average Bonchev–Trinajstić information content (AvgIpc) is 3.40. The molecule has 0 bridgehead atoms. The number of amides is 2. The number of carbonyl (C=O) groups is 2. The molecule has 2 atom stereocenters. The molecule has 0 fully saturated rings. The number of carbonyl (C=O) groups excluding carboxylic acids is 2. The summed E-state index contributed by atoms with van der Waals surface area (Å²) < 4.78 is 16.1. The van der Waals surface area contributed by atoms with Gasteiger partial charge in [0.15, 0.2) is 11.5 Å². The van der Waals surface area contributed by atoms with Gasteiger partial charge in [-0.2, -0.15) is 0 Å². The fraction of sp³-hybridized carbons (Fsp3) is 0.273. The Hall–Kier alpha value is -3.68. The third-order valence-electron chi connectivity index (χ3n) is 5.76. The Kier molecular flexibility index (Phi) is 4.27. The zero-order valence-corrected chi connectivity index (χ0v) is 16.6. The molecule has 2 N–H and O–H groups in total. The van der Waals surface area contributed by atoms with E-state index in [-0.39, 0.29) is 25.3 Å². The van der Waals surface area contributed by atoms with E-state index in [0.717, 1.165) is 27.7 Å². The van der Waals surface area contributed by atoms with Crippen molar-refractivity contribution in [1.82, 2.24) is 15.2 Å². The number of rotatable bonds is 2. The molecule has 5 rings (SSSR count). The molecule has 3 heterocycles. The third kappa shape index (κ3) is 2.67. The van der Waals surface area contributed by atoms with E-state index < -0.39 is 12.0 Å². The number of methoxy groups -OCH3 is 1. The van der Waals surface area contributed by atoms with E-state index in [1.54, 1.807) is 11.9 Å². The minimum absolute atomic E-state index is 0.171. The van der Waals surface area contributed by atoms with Crippen molar-refractivity contribution in [2.75, 3.05) is 27.5 Å². The summed E-state index contributed by atoms with van der Waals surface area (Å²) in [7, 11) is 2.94. The van der Waals surface area contributed by atoms with E-state index in [2.05, 4.69) is 10.3 Å². The second kappa shape index (κ2) is 6.98. The van der Waals surface area contributed by atoms with Crippen LogP contribution in [0.25, 0.3) is 10.9 Å². The first-order valence-corrected chi connectivity index (χ1v) is 9.68. The Morgan fingerprint density at radius 2 is 1.97 bits per heavy atom. The topological polar surface area (TPSA) is 92.9 Å². The lowest BCUT2D eigenvalue weighted by Crippen LogP contribution is -2.47. The van der Waals surface area contributed by atoms with Crippen molar-refractivity contribution >= 4 is 22.9 Å². The van der Waals surface area contributed by atoms with Gasteiger partial charge in [-0.1, -0.05) is 24.3 Å². The number of aromatic nitrogens is 1. The van der Waals surface area contributed by atoms with Crippen molar-refractivity contribution < 1.29 is 23.8 Å². The lowest BCUT2D eigenvalue weighted by Gasteiger charge is -2.38. The Labute approximate surface area is 172 Å². The van der Waals surface area contributed by atoms with Gasteiger partial charge in [0.05, 0.1) is 13.2 Å². The van der Waals surface area contributed by atoms with Crippen molar-refractivity contribution in [3.05, 3.63) is 59.3 Å². The van der Waals surface area contributed by atoms with Gasteiger partial charge in [-0.25, -0.2) is 4.79 Å². The van der Waals surface area contributed by atoms with Gasteiger partial charge in [0.25, 0.3) is 0 Å². The van der Waals surface area contributed by atoms with Crippen LogP contribution in [-0.2, 0) is 9.53 Å². The zero-order valence-electron chi connectivity index (χ0n) is 16.6. The molecule has 0 unspecified atom stereocenters. The van der Waals surface area contributed by atoms with Crippen LogP contribution in [0.4, 0.5) is 4.79 Å². The van der Waals surface area contributed by atoms with Crippen molar-refractivity contribution in [2.45, 2.75) is 12.0 Å². The lowest BCUT2D eigenvalue weighted by atomic mass is 9.85. The molecule has 2 aliphatic rings. The van der Waals surface area contributed by atoms with Crippen LogP contribution in [0.3, 0.4) is 0 Å². The molecule has 3 aromatic rings. The van der Waals surface area contributed by atoms with Gasteiger partial charge in [-0.15, -0.1) is 0 Å². The van der Waals surface area contributed by atoms with Gasteiger partial charge in [0.2, 0.25) is 6.79 Å². The minimum atomic E-state index is -0.594. The molecule has 154 valence electrons. The van der Waals surface area contributed by atoms with Crippen LogP contribution < -0.4 is 14.8 Å². The van der Waals surface area contributed by atoms with Crippen LogP contribution in [0.2, 0.25) is 0 Å².